The Labute approximate surface area is 188 Å². The predicted octanol–water partition coefficient (Wildman–Crippen LogP) is 3.28. The summed E-state index contributed by atoms with van der Waals surface area (Å²) in [5.41, 5.74) is 3.21. The van der Waals surface area contributed by atoms with Gasteiger partial charge < -0.3 is 14.5 Å². The van der Waals surface area contributed by atoms with Crippen molar-refractivity contribution in [2.75, 3.05) is 11.9 Å². The van der Waals surface area contributed by atoms with Crippen molar-refractivity contribution in [2.45, 2.75) is 52.6 Å². The van der Waals surface area contributed by atoms with Crippen LogP contribution in [0.4, 0.5) is 5.69 Å². The van der Waals surface area contributed by atoms with Gasteiger partial charge in [0.15, 0.2) is 5.65 Å². The summed E-state index contributed by atoms with van der Waals surface area (Å²) in [5.74, 6) is 0.682. The van der Waals surface area contributed by atoms with Crippen LogP contribution in [0, 0.1) is 13.8 Å². The summed E-state index contributed by atoms with van der Waals surface area (Å²) in [6.45, 7) is 7.07. The number of anilines is 1. The lowest BCUT2D eigenvalue weighted by molar-refractivity contribution is -0.147. The Morgan fingerprint density at radius 1 is 1.28 bits per heavy atom. The Hall–Kier alpha value is -3.34. The van der Waals surface area contributed by atoms with E-state index < -0.39 is 0 Å². The Bertz CT molecular complexity index is 1290. The first kappa shape index (κ1) is 20.6. The van der Waals surface area contributed by atoms with Crippen LogP contribution in [0.25, 0.3) is 22.5 Å². The van der Waals surface area contributed by atoms with E-state index in [-0.39, 0.29) is 12.0 Å². The van der Waals surface area contributed by atoms with Gasteiger partial charge in [0.05, 0.1) is 53.0 Å². The van der Waals surface area contributed by atoms with Crippen LogP contribution in [0.15, 0.2) is 16.8 Å². The number of thiazole rings is 1. The SMILES string of the molecule is CCn1ncc2c(NC3CCOC(=O)C3)c(-c3nnc(Cc4sc(C)nc4C)o3)cnc21. The number of nitrogens with one attached hydrogen (secondary N) is 1. The number of carbonyl (C=O) groups excluding carboxylic acids is 1. The van der Waals surface area contributed by atoms with E-state index in [1.165, 1.54) is 0 Å². The Morgan fingerprint density at radius 3 is 2.91 bits per heavy atom. The van der Waals surface area contributed by atoms with E-state index in [0.717, 1.165) is 38.7 Å². The van der Waals surface area contributed by atoms with Gasteiger partial charge in [-0.2, -0.15) is 5.10 Å². The van der Waals surface area contributed by atoms with Gasteiger partial charge in [-0.3, -0.25) is 4.79 Å². The Balaban J connectivity index is 1.52. The van der Waals surface area contributed by atoms with Crippen LogP contribution < -0.4 is 5.32 Å². The molecule has 0 aliphatic carbocycles. The smallest absolute Gasteiger partial charge is 0.307 e. The van der Waals surface area contributed by atoms with Gasteiger partial charge in [-0.1, -0.05) is 0 Å². The lowest BCUT2D eigenvalue weighted by Gasteiger charge is -2.24. The number of pyridine rings is 1. The van der Waals surface area contributed by atoms with Crippen molar-refractivity contribution in [1.82, 2.24) is 29.9 Å². The first-order chi connectivity index (χ1) is 15.5. The van der Waals surface area contributed by atoms with E-state index in [9.17, 15) is 4.79 Å². The molecule has 1 fully saturated rings. The molecular formula is C21H23N7O3S. The average molecular weight is 454 g/mol. The van der Waals surface area contributed by atoms with E-state index in [4.69, 9.17) is 9.15 Å². The van der Waals surface area contributed by atoms with Gasteiger partial charge in [0.1, 0.15) is 0 Å². The predicted molar refractivity (Wildman–Crippen MR) is 118 cm³/mol. The average Bonchev–Trinajstić information content (AvgIpc) is 3.47. The second-order valence-electron chi connectivity index (χ2n) is 7.72. The van der Waals surface area contributed by atoms with Crippen molar-refractivity contribution in [3.8, 4) is 11.5 Å². The summed E-state index contributed by atoms with van der Waals surface area (Å²) in [4.78, 5) is 22.0. The standard InChI is InChI=1S/C21H23N7O3S/c1-4-28-20-14(10-23-28)19(25-13-5-6-30-18(29)7-13)15(9-22-20)21-27-26-17(31-21)8-16-11(2)24-12(3)32-16/h9-10,13H,4-8H2,1-3H3,(H,22,25). The molecule has 1 saturated heterocycles. The molecule has 0 spiro atoms. The maximum Gasteiger partial charge on any atom is 0.307 e. The number of carbonyl (C=O) groups is 1. The lowest BCUT2D eigenvalue weighted by atomic mass is 10.1. The minimum absolute atomic E-state index is 0.0595. The minimum Gasteiger partial charge on any atom is -0.466 e. The van der Waals surface area contributed by atoms with E-state index in [0.29, 0.717) is 43.3 Å². The molecule has 4 aromatic heterocycles. The summed E-state index contributed by atoms with van der Waals surface area (Å²) >= 11 is 1.63. The monoisotopic (exact) mass is 453 g/mol. The fourth-order valence-electron chi connectivity index (χ4n) is 3.89. The zero-order valence-electron chi connectivity index (χ0n) is 18.1. The molecule has 11 heteroatoms. The van der Waals surface area contributed by atoms with Gasteiger partial charge in [0.2, 0.25) is 5.89 Å². The number of aromatic nitrogens is 6. The number of cyclic esters (lactones) is 1. The highest BCUT2D eigenvalue weighted by Gasteiger charge is 2.25. The Kier molecular flexibility index (Phi) is 5.33. The lowest BCUT2D eigenvalue weighted by Crippen LogP contribution is -2.31. The second-order valence-corrected chi connectivity index (χ2v) is 9.01. The maximum atomic E-state index is 11.8. The maximum absolute atomic E-state index is 11.8. The van der Waals surface area contributed by atoms with Gasteiger partial charge in [-0.25, -0.2) is 14.6 Å². The molecule has 166 valence electrons. The molecule has 0 saturated carbocycles. The van der Waals surface area contributed by atoms with Crippen molar-refractivity contribution < 1.29 is 13.9 Å². The van der Waals surface area contributed by atoms with Crippen molar-refractivity contribution >= 4 is 34.0 Å². The molecule has 4 aromatic rings. The molecule has 5 heterocycles. The van der Waals surface area contributed by atoms with Crippen LogP contribution in [0.2, 0.25) is 0 Å². The fraction of sp³-hybridized carbons (Fsp3) is 0.429. The molecular weight excluding hydrogens is 430 g/mol. The summed E-state index contributed by atoms with van der Waals surface area (Å²) in [5, 5.41) is 18.3. The van der Waals surface area contributed by atoms with E-state index >= 15 is 0 Å². The molecule has 10 nitrogen and oxygen atoms in total. The van der Waals surface area contributed by atoms with Gasteiger partial charge in [0, 0.05) is 30.1 Å². The molecule has 0 aromatic carbocycles. The largest absolute Gasteiger partial charge is 0.466 e. The highest BCUT2D eigenvalue weighted by molar-refractivity contribution is 7.11. The summed E-state index contributed by atoms with van der Waals surface area (Å²) in [6, 6.07) is -0.0595. The number of fused-ring (bicyclic) bond motifs is 1. The quantitative estimate of drug-likeness (QED) is 0.438. The minimum atomic E-state index is -0.208. The van der Waals surface area contributed by atoms with E-state index in [1.54, 1.807) is 23.7 Å². The zero-order chi connectivity index (χ0) is 22.2. The summed E-state index contributed by atoms with van der Waals surface area (Å²) in [6.07, 6.45) is 5.05. The number of ether oxygens (including phenoxy) is 1. The number of aryl methyl sites for hydroxylation is 3. The molecule has 1 atom stereocenters. The third-order valence-electron chi connectivity index (χ3n) is 5.47. The van der Waals surface area contributed by atoms with Crippen molar-refractivity contribution in [2.24, 2.45) is 0 Å². The highest BCUT2D eigenvalue weighted by atomic mass is 32.1. The molecule has 1 unspecified atom stereocenters. The number of hydrogen-bond donors (Lipinski definition) is 1. The normalized spacial score (nSPS) is 16.5. The highest BCUT2D eigenvalue weighted by Crippen LogP contribution is 2.35. The first-order valence-corrected chi connectivity index (χ1v) is 11.4. The van der Waals surface area contributed by atoms with Gasteiger partial charge in [-0.05, 0) is 20.8 Å². The third kappa shape index (κ3) is 3.83. The first-order valence-electron chi connectivity index (χ1n) is 10.5. The third-order valence-corrected chi connectivity index (χ3v) is 6.54. The summed E-state index contributed by atoms with van der Waals surface area (Å²) < 4.78 is 12.9. The number of esters is 1. The van der Waals surface area contributed by atoms with Gasteiger partial charge in [0.25, 0.3) is 5.89 Å². The number of rotatable bonds is 6. The number of nitrogens with zero attached hydrogens (tertiary/aromatic N) is 6. The van der Waals surface area contributed by atoms with Crippen LogP contribution >= 0.6 is 11.3 Å². The Morgan fingerprint density at radius 2 is 2.16 bits per heavy atom. The van der Waals surface area contributed by atoms with E-state index in [1.807, 2.05) is 25.5 Å². The van der Waals surface area contributed by atoms with Crippen LogP contribution in [0.5, 0.6) is 0 Å². The molecule has 1 aliphatic heterocycles. The molecule has 32 heavy (non-hydrogen) atoms. The van der Waals surface area contributed by atoms with Gasteiger partial charge in [-0.15, -0.1) is 21.5 Å². The molecule has 0 bridgehead atoms. The fourth-order valence-corrected chi connectivity index (χ4v) is 4.82. The molecule has 0 radical (unpaired) electrons. The van der Waals surface area contributed by atoms with Crippen molar-refractivity contribution in [1.29, 1.82) is 0 Å². The molecule has 5 rings (SSSR count). The topological polar surface area (TPSA) is 121 Å². The van der Waals surface area contributed by atoms with Crippen LogP contribution in [0.3, 0.4) is 0 Å². The van der Waals surface area contributed by atoms with Crippen molar-refractivity contribution in [3.05, 3.63) is 33.9 Å². The van der Waals surface area contributed by atoms with Crippen LogP contribution in [-0.2, 0) is 22.5 Å². The van der Waals surface area contributed by atoms with Gasteiger partial charge >= 0.3 is 5.97 Å². The van der Waals surface area contributed by atoms with E-state index in [2.05, 4.69) is 30.6 Å². The summed E-state index contributed by atoms with van der Waals surface area (Å²) in [7, 11) is 0. The van der Waals surface area contributed by atoms with Crippen LogP contribution in [-0.4, -0.2) is 48.6 Å². The second kappa shape index (κ2) is 8.30. The molecule has 1 N–H and O–H groups in total. The zero-order valence-corrected chi connectivity index (χ0v) is 18.9. The molecule has 0 amide bonds. The van der Waals surface area contributed by atoms with Crippen molar-refractivity contribution in [3.63, 3.8) is 0 Å². The number of hydrogen-bond acceptors (Lipinski definition) is 10. The van der Waals surface area contributed by atoms with Crippen LogP contribution in [0.1, 0.15) is 41.2 Å². The molecule has 1 aliphatic rings.